The fourth-order valence-electron chi connectivity index (χ4n) is 4.10. The molecule has 2 aliphatic rings. The molecule has 152 valence electrons. The molecule has 2 aromatic heterocycles. The Morgan fingerprint density at radius 3 is 2.53 bits per heavy atom. The van der Waals surface area contributed by atoms with E-state index in [-0.39, 0.29) is 5.91 Å². The van der Waals surface area contributed by atoms with Gasteiger partial charge in [0.05, 0.1) is 23.1 Å². The first kappa shape index (κ1) is 18.6. The van der Waals surface area contributed by atoms with Gasteiger partial charge in [-0.1, -0.05) is 6.07 Å². The number of piperazine rings is 1. The summed E-state index contributed by atoms with van der Waals surface area (Å²) in [5, 5.41) is 6.29. The first-order valence-electron chi connectivity index (χ1n) is 10.2. The Kier molecular flexibility index (Phi) is 4.80. The number of nitrogens with zero attached hydrogens (tertiary/aromatic N) is 4. The highest BCUT2D eigenvalue weighted by Gasteiger charge is 2.26. The lowest BCUT2D eigenvalue weighted by Gasteiger charge is -2.33. The number of aromatic nitrogens is 2. The first-order chi connectivity index (χ1) is 14.7. The lowest BCUT2D eigenvalue weighted by Crippen LogP contribution is -2.44. The highest BCUT2D eigenvalue weighted by molar-refractivity contribution is 6.06. The second-order valence-electron chi connectivity index (χ2n) is 7.75. The van der Waals surface area contributed by atoms with Crippen molar-refractivity contribution in [2.24, 2.45) is 0 Å². The van der Waals surface area contributed by atoms with Crippen molar-refractivity contribution >= 4 is 23.1 Å². The zero-order valence-corrected chi connectivity index (χ0v) is 16.9. The number of nitrogens with one attached hydrogen (secondary N) is 2. The third-order valence-electron chi connectivity index (χ3n) is 5.84. The number of pyridine rings is 2. The maximum absolute atomic E-state index is 12.6. The molecule has 0 atom stereocenters. The van der Waals surface area contributed by atoms with E-state index in [1.165, 1.54) is 0 Å². The molecule has 0 unspecified atom stereocenters. The second kappa shape index (κ2) is 7.76. The van der Waals surface area contributed by atoms with Gasteiger partial charge >= 0.3 is 0 Å². The van der Waals surface area contributed by atoms with E-state index >= 15 is 0 Å². The molecular weight excluding hydrogens is 376 g/mol. The third kappa shape index (κ3) is 3.48. The molecule has 1 fully saturated rings. The lowest BCUT2D eigenvalue weighted by atomic mass is 9.96. The fraction of sp³-hybridized carbons (Fsp3) is 0.261. The number of hydrogen-bond donors (Lipinski definition) is 2. The largest absolute Gasteiger partial charge is 0.368 e. The molecule has 2 aliphatic heterocycles. The van der Waals surface area contributed by atoms with Gasteiger partial charge in [-0.3, -0.25) is 9.78 Å². The number of amides is 1. The highest BCUT2D eigenvalue weighted by atomic mass is 16.1. The Labute approximate surface area is 175 Å². The molecule has 7 heteroatoms. The van der Waals surface area contributed by atoms with Crippen LogP contribution in [-0.2, 0) is 6.54 Å². The van der Waals surface area contributed by atoms with E-state index in [9.17, 15) is 4.79 Å². The van der Waals surface area contributed by atoms with Crippen LogP contribution in [0.5, 0.6) is 0 Å². The monoisotopic (exact) mass is 400 g/mol. The molecule has 4 heterocycles. The van der Waals surface area contributed by atoms with Gasteiger partial charge in [-0.05, 0) is 54.1 Å². The Morgan fingerprint density at radius 2 is 1.80 bits per heavy atom. The Hall–Kier alpha value is -3.45. The Balaban J connectivity index is 1.40. The van der Waals surface area contributed by atoms with Crippen LogP contribution in [-0.4, -0.2) is 54.0 Å². The molecule has 1 aromatic carbocycles. The molecule has 1 amide bonds. The molecule has 1 saturated heterocycles. The van der Waals surface area contributed by atoms with Crippen LogP contribution < -0.4 is 15.5 Å². The molecule has 7 nitrogen and oxygen atoms in total. The van der Waals surface area contributed by atoms with Gasteiger partial charge in [0.25, 0.3) is 5.91 Å². The van der Waals surface area contributed by atoms with Crippen molar-refractivity contribution in [3.05, 3.63) is 66.1 Å². The summed E-state index contributed by atoms with van der Waals surface area (Å²) < 4.78 is 0. The molecule has 5 rings (SSSR count). The summed E-state index contributed by atoms with van der Waals surface area (Å²) in [6.45, 7) is 4.66. The van der Waals surface area contributed by atoms with Crippen LogP contribution in [0.4, 0.5) is 17.2 Å². The number of benzene rings is 1. The number of hydrogen-bond acceptors (Lipinski definition) is 6. The second-order valence-corrected chi connectivity index (χ2v) is 7.75. The molecule has 30 heavy (non-hydrogen) atoms. The zero-order chi connectivity index (χ0) is 20.5. The Bertz CT molecular complexity index is 1060. The van der Waals surface area contributed by atoms with Gasteiger partial charge in [-0.25, -0.2) is 4.98 Å². The van der Waals surface area contributed by atoms with Gasteiger partial charge in [0.2, 0.25) is 0 Å². The predicted octanol–water partition coefficient (Wildman–Crippen LogP) is 2.88. The molecule has 0 spiro atoms. The van der Waals surface area contributed by atoms with E-state index in [1.54, 1.807) is 12.4 Å². The van der Waals surface area contributed by atoms with Gasteiger partial charge in [-0.2, -0.15) is 0 Å². The number of carbonyl (C=O) groups is 1. The lowest BCUT2D eigenvalue weighted by molar-refractivity contribution is 0.0966. The van der Waals surface area contributed by atoms with Crippen LogP contribution in [0.2, 0.25) is 0 Å². The maximum Gasteiger partial charge on any atom is 0.254 e. The number of anilines is 3. The molecule has 2 N–H and O–H groups in total. The summed E-state index contributed by atoms with van der Waals surface area (Å²) in [6, 6.07) is 12.0. The summed E-state index contributed by atoms with van der Waals surface area (Å²) in [5.74, 6) is 0.670. The molecule has 0 radical (unpaired) electrons. The van der Waals surface area contributed by atoms with E-state index in [2.05, 4.69) is 49.6 Å². The molecule has 3 aromatic rings. The molecule has 0 bridgehead atoms. The maximum atomic E-state index is 12.6. The third-order valence-corrected chi connectivity index (χ3v) is 5.84. The minimum Gasteiger partial charge on any atom is -0.368 e. The number of likely N-dealkylation sites (N-methyl/N-ethyl adjacent to an activating group) is 1. The fourth-order valence-corrected chi connectivity index (χ4v) is 4.10. The number of carbonyl (C=O) groups excluding carboxylic acids is 1. The van der Waals surface area contributed by atoms with Gasteiger partial charge in [0.1, 0.15) is 5.82 Å². The van der Waals surface area contributed by atoms with E-state index in [0.717, 1.165) is 60.1 Å². The van der Waals surface area contributed by atoms with Crippen molar-refractivity contribution in [2.75, 3.05) is 43.4 Å². The minimum atomic E-state index is -0.0579. The smallest absolute Gasteiger partial charge is 0.254 e. The molecule has 0 saturated carbocycles. The van der Waals surface area contributed by atoms with E-state index in [1.807, 2.05) is 30.5 Å². The predicted molar refractivity (Wildman–Crippen MR) is 118 cm³/mol. The van der Waals surface area contributed by atoms with E-state index in [0.29, 0.717) is 12.1 Å². The van der Waals surface area contributed by atoms with Crippen molar-refractivity contribution in [3.8, 4) is 11.1 Å². The van der Waals surface area contributed by atoms with Gasteiger partial charge < -0.3 is 20.4 Å². The zero-order valence-electron chi connectivity index (χ0n) is 16.9. The van der Waals surface area contributed by atoms with Gasteiger partial charge in [-0.15, -0.1) is 0 Å². The molecular formula is C23H24N6O. The van der Waals surface area contributed by atoms with E-state index < -0.39 is 0 Å². The minimum absolute atomic E-state index is 0.0579. The first-order valence-corrected chi connectivity index (χ1v) is 10.2. The van der Waals surface area contributed by atoms with Crippen molar-refractivity contribution < 1.29 is 4.79 Å². The SMILES string of the molecule is CN1CCN(c2ccc(Nc3ccc(-c4ccncc4)c4c3C(=O)NC4)nc2)CC1. The summed E-state index contributed by atoms with van der Waals surface area (Å²) in [6.07, 6.45) is 5.44. The average Bonchev–Trinajstić information content (AvgIpc) is 3.18. The number of fused-ring (bicyclic) bond motifs is 1. The highest BCUT2D eigenvalue weighted by Crippen LogP contribution is 2.34. The van der Waals surface area contributed by atoms with Crippen molar-refractivity contribution in [2.45, 2.75) is 6.54 Å². The summed E-state index contributed by atoms with van der Waals surface area (Å²) >= 11 is 0. The van der Waals surface area contributed by atoms with Crippen LogP contribution in [0.25, 0.3) is 11.1 Å². The quantitative estimate of drug-likeness (QED) is 0.702. The van der Waals surface area contributed by atoms with Crippen LogP contribution in [0, 0.1) is 0 Å². The number of rotatable bonds is 4. The summed E-state index contributed by atoms with van der Waals surface area (Å²) in [5.41, 5.74) is 5.70. The van der Waals surface area contributed by atoms with Crippen LogP contribution >= 0.6 is 0 Å². The summed E-state index contributed by atoms with van der Waals surface area (Å²) in [7, 11) is 2.15. The van der Waals surface area contributed by atoms with Crippen molar-refractivity contribution in [1.82, 2.24) is 20.2 Å². The van der Waals surface area contributed by atoms with Gasteiger partial charge in [0, 0.05) is 45.1 Å². The summed E-state index contributed by atoms with van der Waals surface area (Å²) in [4.78, 5) is 25.9. The van der Waals surface area contributed by atoms with Gasteiger partial charge in [0.15, 0.2) is 0 Å². The van der Waals surface area contributed by atoms with Crippen LogP contribution in [0.15, 0.2) is 55.0 Å². The average molecular weight is 400 g/mol. The Morgan fingerprint density at radius 1 is 1.00 bits per heavy atom. The van der Waals surface area contributed by atoms with Crippen LogP contribution in [0.3, 0.4) is 0 Å². The van der Waals surface area contributed by atoms with E-state index in [4.69, 9.17) is 0 Å². The van der Waals surface area contributed by atoms with Crippen molar-refractivity contribution in [3.63, 3.8) is 0 Å². The molecule has 0 aliphatic carbocycles. The normalized spacial score (nSPS) is 16.3. The van der Waals surface area contributed by atoms with Crippen LogP contribution in [0.1, 0.15) is 15.9 Å². The topological polar surface area (TPSA) is 73.4 Å². The van der Waals surface area contributed by atoms with Crippen molar-refractivity contribution in [1.29, 1.82) is 0 Å². The standard InChI is InChI=1S/C23H24N6O/c1-28-10-12-29(13-11-28)17-2-5-21(25-14-17)27-20-4-3-18(16-6-8-24-9-7-16)19-15-26-23(30)22(19)20/h2-9,14H,10-13,15H2,1H3,(H,25,27)(H,26,30).